The van der Waals surface area contributed by atoms with E-state index in [0.717, 1.165) is 29.2 Å². The van der Waals surface area contributed by atoms with Gasteiger partial charge in [-0.2, -0.15) is 11.8 Å². The van der Waals surface area contributed by atoms with Crippen molar-refractivity contribution in [3.05, 3.63) is 103 Å². The summed E-state index contributed by atoms with van der Waals surface area (Å²) in [7, 11) is 5.64. The number of amides is 2. The molecule has 4 aliphatic heterocycles. The lowest BCUT2D eigenvalue weighted by Gasteiger charge is -2.26. The summed E-state index contributed by atoms with van der Waals surface area (Å²) in [6.45, 7) is -0.149. The van der Waals surface area contributed by atoms with Gasteiger partial charge in [0.2, 0.25) is 0 Å². The van der Waals surface area contributed by atoms with E-state index in [2.05, 4.69) is 20.9 Å². The van der Waals surface area contributed by atoms with Gasteiger partial charge in [0.1, 0.15) is 54.3 Å². The number of anilines is 1. The summed E-state index contributed by atoms with van der Waals surface area (Å²) < 4.78 is 47.9. The first-order valence-electron chi connectivity index (χ1n) is 26.3. The molecular formula is C54H65N5O19S3. The average molecular weight is 1180 g/mol. The highest BCUT2D eigenvalue weighted by molar-refractivity contribution is 8.76. The summed E-state index contributed by atoms with van der Waals surface area (Å²) in [5.74, 6) is -0.530. The Balaban J connectivity index is 0.902. The number of carbonyl (C=O) groups excluding carboxylic acids is 3. The Bertz CT molecular complexity index is 3120. The molecule has 3 aromatic rings. The van der Waals surface area contributed by atoms with Gasteiger partial charge < -0.3 is 74.0 Å². The monoisotopic (exact) mass is 1180 g/mol. The predicted octanol–water partition coefficient (Wildman–Crippen LogP) is 4.30. The van der Waals surface area contributed by atoms with Gasteiger partial charge in [-0.15, -0.1) is 0 Å². The number of fused-ring (bicyclic) bond motifs is 3. The number of aromatic hydroxyl groups is 1. The van der Waals surface area contributed by atoms with Crippen LogP contribution < -0.4 is 32.6 Å². The normalized spacial score (nSPS) is 21.5. The molecule has 438 valence electrons. The standard InChI is InChI=1S/C54H65N5O19S3/c1-71-32(24-73-18-5-19-74-50-49(67)41(23-60)78-51(50)59-17-16-43(63)57-54(59)70)26-80-81-27-33(25-75-46(66)7-4-3-6-42-48-38(28-79-42)56-53(69)58-48)76-44(14-15-45(64)65)55-29-8-11-34(37(20-29)52(68)72-2)47-35-12-9-30(61)21-39(35)77-40-22-31(62)10-13-36(40)47/h8-13,16-17,20-22,32-33,38,41-42,44,48-51,55,60-61,67H,3-7,14-15,18-19,23-28H2,1-2H3,(H,64,65)(H2,56,58,69)(H,57,63,70)/t32?,33?,38-,41?,42-,44?,48+,49?,50?,51?/m0/s1. The number of aliphatic carboxylic acids is 1. The number of unbranched alkanes of at least 4 members (excludes halogenated alkanes) is 1. The maximum Gasteiger partial charge on any atom is 0.338 e. The van der Waals surface area contributed by atoms with Crippen molar-refractivity contribution >= 4 is 73.9 Å². The number of aromatic nitrogens is 2. The first kappa shape index (κ1) is 60.9. The van der Waals surface area contributed by atoms with Crippen LogP contribution in [-0.2, 0) is 42.7 Å². The molecule has 3 fully saturated rings. The molecule has 0 radical (unpaired) electrons. The second-order valence-corrected chi connectivity index (χ2v) is 23.2. The fourth-order valence-electron chi connectivity index (χ4n) is 9.70. The Morgan fingerprint density at radius 2 is 1.72 bits per heavy atom. The molecule has 0 bridgehead atoms. The van der Waals surface area contributed by atoms with E-state index in [0.29, 0.717) is 46.4 Å². The van der Waals surface area contributed by atoms with E-state index in [1.807, 2.05) is 0 Å². The van der Waals surface area contributed by atoms with Gasteiger partial charge in [0.25, 0.3) is 5.56 Å². The largest absolute Gasteiger partial charge is 0.508 e. The van der Waals surface area contributed by atoms with Crippen molar-refractivity contribution in [1.29, 1.82) is 0 Å². The third-order valence-corrected chi connectivity index (χ3v) is 17.8. The maximum atomic E-state index is 13.6. The molecule has 0 spiro atoms. The van der Waals surface area contributed by atoms with Gasteiger partial charge in [0.05, 0.1) is 44.1 Å². The number of hydrogen-bond acceptors (Lipinski definition) is 22. The number of nitrogens with one attached hydrogen (secondary N) is 4. The lowest BCUT2D eigenvalue weighted by atomic mass is 9.90. The van der Waals surface area contributed by atoms with E-state index in [-0.39, 0.29) is 109 Å². The van der Waals surface area contributed by atoms with Gasteiger partial charge in [-0.3, -0.25) is 28.7 Å². The van der Waals surface area contributed by atoms with E-state index >= 15 is 0 Å². The minimum absolute atomic E-state index is 0.0393. The summed E-state index contributed by atoms with van der Waals surface area (Å²) >= 11 is 1.80. The van der Waals surface area contributed by atoms with Gasteiger partial charge in [-0.05, 0) is 61.2 Å². The number of aliphatic hydroxyl groups is 2. The minimum atomic E-state index is -1.26. The Kier molecular flexibility index (Phi) is 22.0. The molecule has 2 amide bonds. The van der Waals surface area contributed by atoms with Crippen molar-refractivity contribution in [2.75, 3.05) is 69.8 Å². The van der Waals surface area contributed by atoms with E-state index in [4.69, 9.17) is 37.6 Å². The van der Waals surface area contributed by atoms with Crippen LogP contribution in [0, 0.1) is 0 Å². The minimum Gasteiger partial charge on any atom is -0.508 e. The SMILES string of the molecule is COC(=O)c1cc(NC(CCC(=O)O)OC(COC(=O)CCCC[C@@H]2SC[C@@H]3NC(=O)N[C@H]32)CSSCC(COCCCOC2C(O)C(CO)OC2n2ccc(=O)[nH]c2=O)OC)ccc1-c1c2ccc(=O)cc-2oc2cc(O)ccc12. The number of aromatic amines is 1. The van der Waals surface area contributed by atoms with Gasteiger partial charge in [0, 0.05) is 109 Å². The lowest BCUT2D eigenvalue weighted by molar-refractivity contribution is -0.148. The number of hydrogen-bond donors (Lipinski definition) is 8. The molecule has 27 heteroatoms. The molecule has 3 saturated heterocycles. The van der Waals surface area contributed by atoms with Crippen LogP contribution in [0.4, 0.5) is 10.5 Å². The van der Waals surface area contributed by atoms with Crippen molar-refractivity contribution in [3.63, 3.8) is 0 Å². The summed E-state index contributed by atoms with van der Waals surface area (Å²) in [6, 6.07) is 14.8. The number of phenolic OH excluding ortho intramolecular Hbond substituents is 1. The number of aliphatic hydroxyl groups excluding tert-OH is 2. The Morgan fingerprint density at radius 1 is 0.914 bits per heavy atom. The number of carbonyl (C=O) groups is 4. The number of carboxylic acid groups (broad SMARTS) is 1. The van der Waals surface area contributed by atoms with E-state index in [1.165, 1.54) is 59.2 Å². The molecule has 24 nitrogen and oxygen atoms in total. The molecule has 1 aliphatic carbocycles. The van der Waals surface area contributed by atoms with Crippen molar-refractivity contribution < 1.29 is 77.2 Å². The lowest BCUT2D eigenvalue weighted by Crippen LogP contribution is -2.39. The number of methoxy groups -OCH3 is 2. The highest BCUT2D eigenvalue weighted by atomic mass is 33.1. The number of rotatable bonds is 31. The number of esters is 2. The number of thioether (sulfide) groups is 1. The molecule has 8 rings (SSSR count). The van der Waals surface area contributed by atoms with Gasteiger partial charge in [-0.25, -0.2) is 14.4 Å². The fourth-order valence-corrected chi connectivity index (χ4v) is 13.6. The summed E-state index contributed by atoms with van der Waals surface area (Å²) in [4.78, 5) is 89.4. The van der Waals surface area contributed by atoms with Gasteiger partial charge in [0.15, 0.2) is 11.7 Å². The van der Waals surface area contributed by atoms with Crippen LogP contribution in [0.25, 0.3) is 33.4 Å². The second-order valence-electron chi connectivity index (χ2n) is 19.4. The zero-order chi connectivity index (χ0) is 57.6. The van der Waals surface area contributed by atoms with Crippen LogP contribution in [-0.4, -0.2) is 173 Å². The third-order valence-electron chi connectivity index (χ3n) is 13.8. The van der Waals surface area contributed by atoms with Crippen LogP contribution in [0.5, 0.6) is 5.75 Å². The number of benzene rings is 3. The van der Waals surface area contributed by atoms with Gasteiger partial charge >= 0.3 is 29.6 Å². The predicted molar refractivity (Wildman–Crippen MR) is 301 cm³/mol. The maximum absolute atomic E-state index is 13.6. The number of carboxylic acids is 1. The number of H-pyrrole nitrogens is 1. The summed E-state index contributed by atoms with van der Waals surface area (Å²) in [5, 5.41) is 50.6. The van der Waals surface area contributed by atoms with Crippen molar-refractivity contribution in [2.24, 2.45) is 0 Å². The molecule has 7 unspecified atom stereocenters. The highest BCUT2D eigenvalue weighted by Gasteiger charge is 2.46. The number of nitrogens with zero attached hydrogens (tertiary/aromatic N) is 1. The first-order valence-corrected chi connectivity index (χ1v) is 29.8. The number of urea groups is 1. The molecule has 2 aromatic carbocycles. The Labute approximate surface area is 476 Å². The molecule has 81 heavy (non-hydrogen) atoms. The first-order chi connectivity index (χ1) is 39.1. The van der Waals surface area contributed by atoms with Crippen LogP contribution in [0.15, 0.2) is 85.7 Å². The topological polar surface area (TPSA) is 335 Å². The molecule has 10 atom stereocenters. The van der Waals surface area contributed by atoms with Crippen molar-refractivity contribution in [2.45, 2.75) is 105 Å². The van der Waals surface area contributed by atoms with E-state index in [1.54, 1.807) is 49.2 Å². The van der Waals surface area contributed by atoms with Gasteiger partial charge in [-0.1, -0.05) is 34.1 Å². The molecule has 1 aromatic heterocycles. The van der Waals surface area contributed by atoms with Crippen LogP contribution >= 0.6 is 33.3 Å². The third kappa shape index (κ3) is 16.1. The second kappa shape index (κ2) is 29.2. The molecule has 0 saturated carbocycles. The van der Waals surface area contributed by atoms with Crippen LogP contribution in [0.3, 0.4) is 0 Å². The Hall–Kier alpha value is -6.14. The summed E-state index contributed by atoms with van der Waals surface area (Å²) in [5.41, 5.74) is 0.509. The quantitative estimate of drug-likeness (QED) is 0.00765. The molecular weight excluding hydrogens is 1120 g/mol. The van der Waals surface area contributed by atoms with Crippen LogP contribution in [0.2, 0.25) is 0 Å². The van der Waals surface area contributed by atoms with E-state index < -0.39 is 72.6 Å². The molecule has 5 heterocycles. The number of phenols is 1. The van der Waals surface area contributed by atoms with Crippen molar-refractivity contribution in [1.82, 2.24) is 20.2 Å². The highest BCUT2D eigenvalue weighted by Crippen LogP contribution is 2.43. The van der Waals surface area contributed by atoms with E-state index in [9.17, 15) is 54.0 Å². The van der Waals surface area contributed by atoms with Crippen LogP contribution in [0.1, 0.15) is 61.5 Å². The zero-order valence-corrected chi connectivity index (χ0v) is 46.8. The molecule has 5 aliphatic rings. The smallest absolute Gasteiger partial charge is 0.338 e. The molecule has 8 N–H and O–H groups in total. The zero-order valence-electron chi connectivity index (χ0n) is 44.3. The van der Waals surface area contributed by atoms with Crippen molar-refractivity contribution in [3.8, 4) is 28.2 Å². The Morgan fingerprint density at radius 3 is 2.48 bits per heavy atom. The number of ether oxygens (including phenoxy) is 7. The summed E-state index contributed by atoms with van der Waals surface area (Å²) in [6.07, 6.45) is -2.98. The average Bonchev–Trinajstić information content (AvgIpc) is 4.13. The fraction of sp³-hybridized carbons (Fsp3) is 0.500.